The maximum atomic E-state index is 12.4. The third-order valence-electron chi connectivity index (χ3n) is 5.42. The molecule has 2 bridgehead atoms. The largest absolute Gasteiger partial charge is 0.472 e. The van der Waals surface area contributed by atoms with Crippen LogP contribution in [0.4, 0.5) is 10.7 Å². The Morgan fingerprint density at radius 3 is 2.70 bits per heavy atom. The van der Waals surface area contributed by atoms with Gasteiger partial charge in [0.15, 0.2) is 0 Å². The quantitative estimate of drug-likeness (QED) is 0.853. The van der Waals surface area contributed by atoms with Crippen molar-refractivity contribution in [1.29, 1.82) is 0 Å². The maximum Gasteiger partial charge on any atom is 0.417 e. The van der Waals surface area contributed by atoms with Crippen molar-refractivity contribution >= 4 is 12.0 Å². The van der Waals surface area contributed by atoms with Gasteiger partial charge in [0, 0.05) is 18.5 Å². The van der Waals surface area contributed by atoms with Crippen LogP contribution in [0.3, 0.4) is 0 Å². The second-order valence-electron chi connectivity index (χ2n) is 6.72. The summed E-state index contributed by atoms with van der Waals surface area (Å²) in [6, 6.07) is 5.51. The molecule has 2 aromatic rings. The molecule has 0 aliphatic carbocycles. The van der Waals surface area contributed by atoms with E-state index in [1.807, 2.05) is 18.2 Å². The zero-order valence-electron chi connectivity index (χ0n) is 12.7. The van der Waals surface area contributed by atoms with Crippen LogP contribution < -0.4 is 4.90 Å². The van der Waals surface area contributed by atoms with Crippen LogP contribution in [0.25, 0.3) is 11.3 Å². The van der Waals surface area contributed by atoms with Gasteiger partial charge in [-0.05, 0) is 38.1 Å². The standard InChI is InChI=1S/C17H18N2O4/c20-16-19(15-2-1-14(22-15)12-5-8-21-9-12)11-17(23-16)10-18-6-3-13(17)4-7-18/h1-2,5,8-9,13H,3-4,6-7,10-11H2/t17-/m1/s1. The Bertz CT molecular complexity index is 730. The van der Waals surface area contributed by atoms with E-state index in [1.54, 1.807) is 17.4 Å². The molecule has 0 radical (unpaired) electrons. The first-order valence-electron chi connectivity index (χ1n) is 8.09. The molecular weight excluding hydrogens is 296 g/mol. The lowest BCUT2D eigenvalue weighted by atomic mass is 9.75. The third kappa shape index (κ3) is 1.94. The van der Waals surface area contributed by atoms with E-state index in [9.17, 15) is 4.79 Å². The number of anilines is 1. The Hall–Kier alpha value is -2.21. The number of carbonyl (C=O) groups is 1. The first-order chi connectivity index (χ1) is 11.2. The van der Waals surface area contributed by atoms with Gasteiger partial charge in [-0.3, -0.25) is 4.90 Å². The van der Waals surface area contributed by atoms with Crippen molar-refractivity contribution in [3.8, 4) is 11.3 Å². The van der Waals surface area contributed by atoms with E-state index in [2.05, 4.69) is 4.90 Å². The highest BCUT2D eigenvalue weighted by molar-refractivity contribution is 5.89. The average molecular weight is 314 g/mol. The number of furan rings is 2. The molecule has 6 heteroatoms. The number of amides is 1. The van der Waals surface area contributed by atoms with Crippen LogP contribution in [0.1, 0.15) is 12.8 Å². The molecule has 0 aromatic carbocycles. The number of ether oxygens (including phenoxy) is 1. The monoisotopic (exact) mass is 314 g/mol. The van der Waals surface area contributed by atoms with Crippen LogP contribution >= 0.6 is 0 Å². The lowest BCUT2D eigenvalue weighted by Crippen LogP contribution is -2.61. The second-order valence-corrected chi connectivity index (χ2v) is 6.72. The maximum absolute atomic E-state index is 12.4. The normalized spacial score (nSPS) is 32.7. The summed E-state index contributed by atoms with van der Waals surface area (Å²) in [6.07, 6.45) is 5.15. The molecule has 4 aliphatic rings. The minimum Gasteiger partial charge on any atom is -0.472 e. The fourth-order valence-electron chi connectivity index (χ4n) is 4.21. The molecule has 4 saturated heterocycles. The molecular formula is C17H18N2O4. The zero-order chi connectivity index (χ0) is 15.4. The molecule has 0 N–H and O–H groups in total. The number of nitrogens with zero attached hydrogens (tertiary/aromatic N) is 2. The predicted molar refractivity (Wildman–Crippen MR) is 82.1 cm³/mol. The van der Waals surface area contributed by atoms with Gasteiger partial charge in [0.05, 0.1) is 18.4 Å². The van der Waals surface area contributed by atoms with E-state index in [1.165, 1.54) is 0 Å². The minimum absolute atomic E-state index is 0.299. The average Bonchev–Trinajstić information content (AvgIpc) is 3.28. The highest BCUT2D eigenvalue weighted by Crippen LogP contribution is 2.43. The van der Waals surface area contributed by atoms with E-state index < -0.39 is 0 Å². The molecule has 0 unspecified atom stereocenters. The summed E-state index contributed by atoms with van der Waals surface area (Å²) in [6.45, 7) is 3.66. The Morgan fingerprint density at radius 2 is 2.00 bits per heavy atom. The molecule has 1 atom stereocenters. The third-order valence-corrected chi connectivity index (χ3v) is 5.42. The van der Waals surface area contributed by atoms with Gasteiger partial charge >= 0.3 is 6.09 Å². The van der Waals surface area contributed by atoms with Gasteiger partial charge in [-0.2, -0.15) is 0 Å². The number of hydrogen-bond acceptors (Lipinski definition) is 5. The van der Waals surface area contributed by atoms with Crippen molar-refractivity contribution in [3.63, 3.8) is 0 Å². The topological polar surface area (TPSA) is 59.1 Å². The highest BCUT2D eigenvalue weighted by Gasteiger charge is 2.56. The SMILES string of the molecule is O=C1O[C@]2(CN3CCC2CC3)CN1c1ccc(-c2ccoc2)o1. The van der Waals surface area contributed by atoms with Crippen molar-refractivity contribution in [3.05, 3.63) is 30.7 Å². The van der Waals surface area contributed by atoms with E-state index >= 15 is 0 Å². The van der Waals surface area contributed by atoms with E-state index in [0.717, 1.165) is 38.0 Å². The lowest BCUT2D eigenvalue weighted by molar-refractivity contribution is -0.0881. The molecule has 120 valence electrons. The fraction of sp³-hybridized carbons (Fsp3) is 0.471. The van der Waals surface area contributed by atoms with E-state index in [4.69, 9.17) is 13.6 Å². The van der Waals surface area contributed by atoms with Gasteiger partial charge < -0.3 is 13.6 Å². The molecule has 1 spiro atoms. The van der Waals surface area contributed by atoms with E-state index in [-0.39, 0.29) is 11.7 Å². The van der Waals surface area contributed by atoms with Gasteiger partial charge in [0.25, 0.3) is 0 Å². The Kier molecular flexibility index (Phi) is 2.68. The van der Waals surface area contributed by atoms with Crippen LogP contribution in [0.2, 0.25) is 0 Å². The summed E-state index contributed by atoms with van der Waals surface area (Å²) >= 11 is 0. The Labute approximate surface area is 133 Å². The summed E-state index contributed by atoms with van der Waals surface area (Å²) in [7, 11) is 0. The number of fused-ring (bicyclic) bond motifs is 2. The summed E-state index contributed by atoms with van der Waals surface area (Å²) in [5, 5.41) is 0. The Balaban J connectivity index is 1.43. The second kappa shape index (κ2) is 4.64. The molecule has 6 heterocycles. The minimum atomic E-state index is -0.365. The van der Waals surface area contributed by atoms with Gasteiger partial charge in [-0.1, -0.05) is 0 Å². The van der Waals surface area contributed by atoms with Crippen LogP contribution in [0, 0.1) is 5.92 Å². The smallest absolute Gasteiger partial charge is 0.417 e. The van der Waals surface area contributed by atoms with Crippen LogP contribution in [0.5, 0.6) is 0 Å². The van der Waals surface area contributed by atoms with Crippen LogP contribution in [0.15, 0.2) is 39.6 Å². The van der Waals surface area contributed by atoms with Gasteiger partial charge in [0.1, 0.15) is 17.6 Å². The highest BCUT2D eigenvalue weighted by atomic mass is 16.6. The lowest BCUT2D eigenvalue weighted by Gasteiger charge is -2.49. The number of hydrogen-bond donors (Lipinski definition) is 0. The zero-order valence-corrected chi connectivity index (χ0v) is 12.7. The summed E-state index contributed by atoms with van der Waals surface area (Å²) in [4.78, 5) is 16.5. The molecule has 1 amide bonds. The first kappa shape index (κ1) is 13.2. The molecule has 23 heavy (non-hydrogen) atoms. The van der Waals surface area contributed by atoms with Crippen molar-refractivity contribution in [2.24, 2.45) is 5.92 Å². The van der Waals surface area contributed by atoms with Crippen LogP contribution in [-0.4, -0.2) is 42.8 Å². The van der Waals surface area contributed by atoms with Crippen molar-refractivity contribution < 1.29 is 18.4 Å². The molecule has 6 rings (SSSR count). The van der Waals surface area contributed by atoms with Gasteiger partial charge in [-0.15, -0.1) is 0 Å². The molecule has 4 fully saturated rings. The van der Waals surface area contributed by atoms with Crippen molar-refractivity contribution in [2.75, 3.05) is 31.1 Å². The van der Waals surface area contributed by atoms with Crippen molar-refractivity contribution in [2.45, 2.75) is 18.4 Å². The summed E-state index contributed by atoms with van der Waals surface area (Å²) < 4.78 is 16.8. The van der Waals surface area contributed by atoms with Gasteiger partial charge in [0.2, 0.25) is 5.88 Å². The predicted octanol–water partition coefficient (Wildman–Crippen LogP) is 2.96. The fourth-order valence-corrected chi connectivity index (χ4v) is 4.21. The molecule has 0 saturated carbocycles. The summed E-state index contributed by atoms with van der Waals surface area (Å²) in [5.74, 6) is 1.70. The Morgan fingerprint density at radius 1 is 1.13 bits per heavy atom. The van der Waals surface area contributed by atoms with Crippen molar-refractivity contribution in [1.82, 2.24) is 4.90 Å². The molecule has 4 aliphatic heterocycles. The summed E-state index contributed by atoms with van der Waals surface area (Å²) in [5.41, 5.74) is 0.497. The molecule has 6 nitrogen and oxygen atoms in total. The van der Waals surface area contributed by atoms with E-state index in [0.29, 0.717) is 24.1 Å². The number of piperidine rings is 3. The molecule has 2 aromatic heterocycles. The first-order valence-corrected chi connectivity index (χ1v) is 8.09. The number of carbonyl (C=O) groups excluding carboxylic acids is 1. The number of rotatable bonds is 2. The van der Waals surface area contributed by atoms with Crippen LogP contribution in [-0.2, 0) is 4.74 Å². The van der Waals surface area contributed by atoms with Gasteiger partial charge in [-0.25, -0.2) is 9.69 Å².